The zero-order chi connectivity index (χ0) is 36.3. The molecular weight excluding hydrogens is 671 g/mol. The minimum atomic E-state index is 0.633. The van der Waals surface area contributed by atoms with Crippen LogP contribution in [0.15, 0.2) is 192 Å². The number of fused-ring (bicyclic) bond motifs is 7. The summed E-state index contributed by atoms with van der Waals surface area (Å²) in [5.74, 6) is 1.91. The van der Waals surface area contributed by atoms with Gasteiger partial charge in [0.1, 0.15) is 11.2 Å². The van der Waals surface area contributed by atoms with Crippen molar-refractivity contribution < 1.29 is 4.42 Å². The number of hydrogen-bond acceptors (Lipinski definition) is 4. The van der Waals surface area contributed by atoms with E-state index in [1.54, 1.807) is 0 Å². The van der Waals surface area contributed by atoms with E-state index < -0.39 is 0 Å². The number of rotatable bonds is 5. The Labute approximate surface area is 317 Å². The van der Waals surface area contributed by atoms with Crippen molar-refractivity contribution in [3.05, 3.63) is 188 Å². The van der Waals surface area contributed by atoms with Crippen molar-refractivity contribution in [3.8, 4) is 56.4 Å². The van der Waals surface area contributed by atoms with Crippen LogP contribution in [0.1, 0.15) is 0 Å². The molecule has 0 saturated heterocycles. The molecule has 4 heteroatoms. The van der Waals surface area contributed by atoms with Gasteiger partial charge in [0.2, 0.25) is 0 Å². The Morgan fingerprint density at radius 3 is 1.56 bits per heavy atom. The molecule has 11 rings (SSSR count). The molecule has 0 amide bonds. The van der Waals surface area contributed by atoms with Gasteiger partial charge < -0.3 is 4.42 Å². The zero-order valence-corrected chi connectivity index (χ0v) is 29.6. The van der Waals surface area contributed by atoms with E-state index in [-0.39, 0.29) is 0 Å². The third-order valence-electron chi connectivity index (χ3n) is 10.7. The summed E-state index contributed by atoms with van der Waals surface area (Å²) in [6.07, 6.45) is 0. The van der Waals surface area contributed by atoms with Gasteiger partial charge >= 0.3 is 0 Å². The molecule has 55 heavy (non-hydrogen) atoms. The van der Waals surface area contributed by atoms with E-state index in [1.807, 2.05) is 66.7 Å². The first-order valence-corrected chi connectivity index (χ1v) is 18.5. The second-order valence-corrected chi connectivity index (χ2v) is 13.9. The fourth-order valence-electron chi connectivity index (χ4n) is 8.16. The number of aromatic nitrogens is 3. The molecule has 0 aliphatic rings. The Balaban J connectivity index is 1.18. The van der Waals surface area contributed by atoms with Gasteiger partial charge in [-0.1, -0.05) is 158 Å². The summed E-state index contributed by atoms with van der Waals surface area (Å²) in [6, 6.07) is 65.9. The Hall–Kier alpha value is -7.43. The molecule has 0 fully saturated rings. The average molecular weight is 702 g/mol. The van der Waals surface area contributed by atoms with E-state index in [9.17, 15) is 0 Å². The summed E-state index contributed by atoms with van der Waals surface area (Å²) in [5, 5.41) is 9.29. The summed E-state index contributed by atoms with van der Waals surface area (Å²) in [7, 11) is 0. The van der Waals surface area contributed by atoms with Gasteiger partial charge in [0.25, 0.3) is 0 Å². The highest BCUT2D eigenvalue weighted by atomic mass is 16.3. The van der Waals surface area contributed by atoms with Crippen molar-refractivity contribution in [2.45, 2.75) is 0 Å². The number of para-hydroxylation sites is 1. The van der Waals surface area contributed by atoms with Crippen LogP contribution in [0.4, 0.5) is 0 Å². The highest BCUT2D eigenvalue weighted by molar-refractivity contribution is 6.19. The topological polar surface area (TPSA) is 51.8 Å². The molecule has 0 aliphatic carbocycles. The van der Waals surface area contributed by atoms with E-state index in [1.165, 1.54) is 21.5 Å². The molecule has 0 atom stereocenters. The fraction of sp³-hybridized carbons (Fsp3) is 0. The molecule has 0 N–H and O–H groups in total. The molecule has 11 aromatic rings. The number of benzene rings is 9. The minimum Gasteiger partial charge on any atom is -0.456 e. The van der Waals surface area contributed by atoms with Crippen molar-refractivity contribution in [3.63, 3.8) is 0 Å². The van der Waals surface area contributed by atoms with Gasteiger partial charge in [-0.3, -0.25) is 0 Å². The SMILES string of the molecule is c1ccc(-c2nc(-c3ccccc3)nc(-c3ccc(-c4ccc5oc6ccccc6c5c4-c4ccc5ccc6ccccc6c5c4)c4ccccc34)n2)cc1. The lowest BCUT2D eigenvalue weighted by molar-refractivity contribution is 0.669. The molecule has 4 nitrogen and oxygen atoms in total. The third-order valence-corrected chi connectivity index (χ3v) is 10.7. The van der Waals surface area contributed by atoms with E-state index >= 15 is 0 Å². The molecule has 0 spiro atoms. The summed E-state index contributed by atoms with van der Waals surface area (Å²) in [5.41, 5.74) is 9.12. The molecule has 2 heterocycles. The molecule has 0 saturated carbocycles. The summed E-state index contributed by atoms with van der Waals surface area (Å²) >= 11 is 0. The van der Waals surface area contributed by atoms with Gasteiger partial charge in [-0.2, -0.15) is 0 Å². The lowest BCUT2D eigenvalue weighted by Crippen LogP contribution is -2.00. The molecule has 2 aromatic heterocycles. The van der Waals surface area contributed by atoms with Crippen LogP contribution in [0, 0.1) is 0 Å². The lowest BCUT2D eigenvalue weighted by Gasteiger charge is -2.17. The van der Waals surface area contributed by atoms with Crippen molar-refractivity contribution in [1.29, 1.82) is 0 Å². The Kier molecular flexibility index (Phi) is 7.14. The smallest absolute Gasteiger partial charge is 0.164 e. The predicted octanol–water partition coefficient (Wildman–Crippen LogP) is 13.6. The monoisotopic (exact) mass is 701 g/mol. The summed E-state index contributed by atoms with van der Waals surface area (Å²) in [6.45, 7) is 0. The minimum absolute atomic E-state index is 0.633. The van der Waals surface area contributed by atoms with E-state index in [4.69, 9.17) is 19.4 Å². The fourth-order valence-corrected chi connectivity index (χ4v) is 8.16. The molecule has 0 bridgehead atoms. The Morgan fingerprint density at radius 1 is 0.309 bits per heavy atom. The van der Waals surface area contributed by atoms with Crippen molar-refractivity contribution in [1.82, 2.24) is 15.0 Å². The second-order valence-electron chi connectivity index (χ2n) is 13.9. The highest BCUT2D eigenvalue weighted by Crippen LogP contribution is 2.46. The Morgan fingerprint density at radius 2 is 0.836 bits per heavy atom. The number of hydrogen-bond donors (Lipinski definition) is 0. The highest BCUT2D eigenvalue weighted by Gasteiger charge is 2.21. The first-order valence-electron chi connectivity index (χ1n) is 18.5. The second kappa shape index (κ2) is 12.6. The molecule has 0 aliphatic heterocycles. The maximum absolute atomic E-state index is 6.50. The first kappa shape index (κ1) is 31.1. The standard InChI is InChI=1S/C51H31N3O/c1-3-14-34(15-4-1)49-52-50(35-16-5-2-6-17-35)54-51(53-49)42-28-27-40(38-19-9-10-20-39(38)42)41-29-30-46-48(43-21-11-12-22-45(43)55-46)47(41)36-26-25-33-24-23-32-13-7-8-18-37(32)44(33)31-36/h1-31H. The molecule has 0 unspecified atom stereocenters. The van der Waals surface area contributed by atoms with Crippen LogP contribution < -0.4 is 0 Å². The number of nitrogens with zero attached hydrogens (tertiary/aromatic N) is 3. The zero-order valence-electron chi connectivity index (χ0n) is 29.6. The van der Waals surface area contributed by atoms with Crippen LogP contribution in [0.5, 0.6) is 0 Å². The van der Waals surface area contributed by atoms with Crippen LogP contribution >= 0.6 is 0 Å². The van der Waals surface area contributed by atoms with Gasteiger partial charge in [0.05, 0.1) is 0 Å². The molecule has 9 aromatic carbocycles. The van der Waals surface area contributed by atoms with Crippen LogP contribution in [0.25, 0.3) is 111 Å². The normalized spacial score (nSPS) is 11.6. The van der Waals surface area contributed by atoms with Crippen molar-refractivity contribution >= 4 is 54.3 Å². The number of furan rings is 1. The van der Waals surface area contributed by atoms with Crippen molar-refractivity contribution in [2.75, 3.05) is 0 Å². The molecule has 0 radical (unpaired) electrons. The average Bonchev–Trinajstić information content (AvgIpc) is 3.65. The first-order chi connectivity index (χ1) is 27.3. The van der Waals surface area contributed by atoms with Gasteiger partial charge in [0.15, 0.2) is 17.5 Å². The van der Waals surface area contributed by atoms with Crippen LogP contribution in [0.3, 0.4) is 0 Å². The molecule has 256 valence electrons. The Bertz CT molecular complexity index is 3200. The van der Waals surface area contributed by atoms with E-state index in [0.29, 0.717) is 17.5 Å². The van der Waals surface area contributed by atoms with Crippen molar-refractivity contribution in [2.24, 2.45) is 0 Å². The van der Waals surface area contributed by atoms with Gasteiger partial charge in [-0.05, 0) is 79.3 Å². The van der Waals surface area contributed by atoms with E-state index in [2.05, 4.69) is 121 Å². The van der Waals surface area contributed by atoms with Crippen LogP contribution in [-0.2, 0) is 0 Å². The summed E-state index contributed by atoms with van der Waals surface area (Å²) in [4.78, 5) is 15.2. The summed E-state index contributed by atoms with van der Waals surface area (Å²) < 4.78 is 6.50. The van der Waals surface area contributed by atoms with Gasteiger partial charge in [0, 0.05) is 33.0 Å². The largest absolute Gasteiger partial charge is 0.456 e. The lowest BCUT2D eigenvalue weighted by atomic mass is 9.86. The van der Waals surface area contributed by atoms with Gasteiger partial charge in [-0.25, -0.2) is 15.0 Å². The quantitative estimate of drug-likeness (QED) is 0.168. The third kappa shape index (κ3) is 5.19. The van der Waals surface area contributed by atoms with Crippen LogP contribution in [0.2, 0.25) is 0 Å². The maximum atomic E-state index is 6.50. The van der Waals surface area contributed by atoms with Crippen LogP contribution in [-0.4, -0.2) is 15.0 Å². The van der Waals surface area contributed by atoms with Gasteiger partial charge in [-0.15, -0.1) is 0 Å². The molecular formula is C51H31N3O. The van der Waals surface area contributed by atoms with E-state index in [0.717, 1.165) is 71.7 Å². The maximum Gasteiger partial charge on any atom is 0.164 e. The predicted molar refractivity (Wildman–Crippen MR) is 227 cm³/mol.